The lowest BCUT2D eigenvalue weighted by Gasteiger charge is -2.45. The predicted octanol–water partition coefficient (Wildman–Crippen LogP) is 1.45. The third kappa shape index (κ3) is 4.10. The molecule has 2 unspecified atom stereocenters. The van der Waals surface area contributed by atoms with E-state index in [4.69, 9.17) is 9.15 Å². The molecule has 144 valence electrons. The predicted molar refractivity (Wildman–Crippen MR) is 96.9 cm³/mol. The van der Waals surface area contributed by atoms with Crippen LogP contribution in [-0.4, -0.2) is 83.5 Å². The average molecular weight is 363 g/mol. The first kappa shape index (κ1) is 18.9. The molecule has 1 aromatic heterocycles. The molecule has 2 aliphatic heterocycles. The summed E-state index contributed by atoms with van der Waals surface area (Å²) in [6.07, 6.45) is 1.61. The number of morpholine rings is 1. The van der Waals surface area contributed by atoms with Crippen molar-refractivity contribution in [2.45, 2.75) is 45.4 Å². The SMILES string of the molecule is CC1CN(C(C)C(=O)N2CCN(C(=O)c3ccco3)CC2)CC(C)(C)O1. The number of hydrogen-bond donors (Lipinski definition) is 0. The first-order valence-corrected chi connectivity index (χ1v) is 9.30. The summed E-state index contributed by atoms with van der Waals surface area (Å²) >= 11 is 0. The molecule has 0 aromatic carbocycles. The van der Waals surface area contributed by atoms with Gasteiger partial charge in [0.2, 0.25) is 5.91 Å². The molecule has 3 heterocycles. The minimum atomic E-state index is -0.250. The number of ether oxygens (including phenoxy) is 1. The van der Waals surface area contributed by atoms with E-state index in [1.165, 1.54) is 6.26 Å². The zero-order chi connectivity index (χ0) is 18.9. The van der Waals surface area contributed by atoms with Gasteiger partial charge in [0, 0.05) is 39.3 Å². The van der Waals surface area contributed by atoms with E-state index in [2.05, 4.69) is 18.7 Å². The van der Waals surface area contributed by atoms with E-state index >= 15 is 0 Å². The summed E-state index contributed by atoms with van der Waals surface area (Å²) in [6, 6.07) is 3.19. The van der Waals surface area contributed by atoms with Crippen LogP contribution < -0.4 is 0 Å². The maximum absolute atomic E-state index is 12.9. The molecule has 2 saturated heterocycles. The molecule has 0 radical (unpaired) electrons. The molecule has 2 atom stereocenters. The summed E-state index contributed by atoms with van der Waals surface area (Å²) in [7, 11) is 0. The lowest BCUT2D eigenvalue weighted by atomic mass is 10.0. The molecule has 0 bridgehead atoms. The van der Waals surface area contributed by atoms with Crippen LogP contribution >= 0.6 is 0 Å². The van der Waals surface area contributed by atoms with Crippen molar-refractivity contribution < 1.29 is 18.7 Å². The summed E-state index contributed by atoms with van der Waals surface area (Å²) in [5, 5.41) is 0. The van der Waals surface area contributed by atoms with Crippen LogP contribution in [0.1, 0.15) is 38.2 Å². The Morgan fingerprint density at radius 2 is 1.85 bits per heavy atom. The molecular weight excluding hydrogens is 334 g/mol. The molecule has 7 nitrogen and oxygen atoms in total. The van der Waals surface area contributed by atoms with Gasteiger partial charge in [-0.05, 0) is 39.8 Å². The molecule has 2 fully saturated rings. The van der Waals surface area contributed by atoms with Gasteiger partial charge in [-0.2, -0.15) is 0 Å². The van der Waals surface area contributed by atoms with Crippen molar-refractivity contribution in [1.29, 1.82) is 0 Å². The zero-order valence-corrected chi connectivity index (χ0v) is 16.1. The van der Waals surface area contributed by atoms with Crippen molar-refractivity contribution >= 4 is 11.8 Å². The lowest BCUT2D eigenvalue weighted by Crippen LogP contribution is -2.60. The Labute approximate surface area is 154 Å². The minimum absolute atomic E-state index is 0.108. The van der Waals surface area contributed by atoms with Crippen molar-refractivity contribution in [2.24, 2.45) is 0 Å². The molecule has 2 aliphatic rings. The van der Waals surface area contributed by atoms with Crippen LogP contribution in [0.15, 0.2) is 22.8 Å². The summed E-state index contributed by atoms with van der Waals surface area (Å²) in [6.45, 7) is 11.8. The monoisotopic (exact) mass is 363 g/mol. The summed E-state index contributed by atoms with van der Waals surface area (Å²) in [5.41, 5.74) is -0.250. The van der Waals surface area contributed by atoms with Crippen LogP contribution in [0.2, 0.25) is 0 Å². The van der Waals surface area contributed by atoms with Gasteiger partial charge in [-0.15, -0.1) is 0 Å². The quantitative estimate of drug-likeness (QED) is 0.813. The van der Waals surface area contributed by atoms with Crippen LogP contribution in [0.5, 0.6) is 0 Å². The van der Waals surface area contributed by atoms with Crippen LogP contribution in [-0.2, 0) is 9.53 Å². The van der Waals surface area contributed by atoms with Crippen molar-refractivity contribution in [3.8, 4) is 0 Å². The lowest BCUT2D eigenvalue weighted by molar-refractivity contribution is -0.155. The topological polar surface area (TPSA) is 66.2 Å². The molecule has 7 heteroatoms. The first-order chi connectivity index (χ1) is 12.3. The number of rotatable bonds is 3. The number of carbonyl (C=O) groups excluding carboxylic acids is 2. The molecular formula is C19H29N3O4. The molecule has 2 amide bonds. The van der Waals surface area contributed by atoms with Gasteiger partial charge >= 0.3 is 0 Å². The van der Waals surface area contributed by atoms with Crippen molar-refractivity contribution in [3.05, 3.63) is 24.2 Å². The minimum Gasteiger partial charge on any atom is -0.459 e. The van der Waals surface area contributed by atoms with Crippen molar-refractivity contribution in [1.82, 2.24) is 14.7 Å². The van der Waals surface area contributed by atoms with Gasteiger partial charge in [-0.25, -0.2) is 0 Å². The zero-order valence-electron chi connectivity index (χ0n) is 16.1. The number of amides is 2. The van der Waals surface area contributed by atoms with Gasteiger partial charge in [0.25, 0.3) is 5.91 Å². The molecule has 1 aromatic rings. The number of nitrogens with zero attached hydrogens (tertiary/aromatic N) is 3. The summed E-state index contributed by atoms with van der Waals surface area (Å²) in [5.74, 6) is 0.363. The largest absolute Gasteiger partial charge is 0.459 e. The van der Waals surface area contributed by atoms with Gasteiger partial charge in [0.1, 0.15) is 0 Å². The molecule has 0 saturated carbocycles. The number of carbonyl (C=O) groups is 2. The molecule has 3 rings (SSSR count). The van der Waals surface area contributed by atoms with Gasteiger partial charge in [-0.3, -0.25) is 14.5 Å². The third-order valence-electron chi connectivity index (χ3n) is 5.11. The van der Waals surface area contributed by atoms with E-state index in [9.17, 15) is 9.59 Å². The molecule has 0 N–H and O–H groups in total. The number of hydrogen-bond acceptors (Lipinski definition) is 5. The standard InChI is InChI=1S/C19H29N3O4/c1-14-12-22(13-19(3,4)26-14)15(2)17(23)20-7-9-21(10-8-20)18(24)16-6-5-11-25-16/h5-6,11,14-15H,7-10,12-13H2,1-4H3. The van der Waals surface area contributed by atoms with Gasteiger partial charge < -0.3 is 19.0 Å². The van der Waals surface area contributed by atoms with Crippen LogP contribution in [0.4, 0.5) is 0 Å². The average Bonchev–Trinajstić information content (AvgIpc) is 3.13. The Hall–Kier alpha value is -1.86. The van der Waals surface area contributed by atoms with Crippen molar-refractivity contribution in [3.63, 3.8) is 0 Å². The van der Waals surface area contributed by atoms with E-state index < -0.39 is 0 Å². The highest BCUT2D eigenvalue weighted by molar-refractivity contribution is 5.91. The first-order valence-electron chi connectivity index (χ1n) is 9.30. The number of piperazine rings is 1. The van der Waals surface area contributed by atoms with Gasteiger partial charge in [0.15, 0.2) is 5.76 Å². The fourth-order valence-electron chi connectivity index (χ4n) is 3.90. The highest BCUT2D eigenvalue weighted by Gasteiger charge is 2.37. The smallest absolute Gasteiger partial charge is 0.289 e. The maximum atomic E-state index is 12.9. The second-order valence-electron chi connectivity index (χ2n) is 7.89. The van der Waals surface area contributed by atoms with E-state index in [1.807, 2.05) is 18.7 Å². The summed E-state index contributed by atoms with van der Waals surface area (Å²) in [4.78, 5) is 31.1. The van der Waals surface area contributed by atoms with Crippen molar-refractivity contribution in [2.75, 3.05) is 39.3 Å². The highest BCUT2D eigenvalue weighted by atomic mass is 16.5. The second-order valence-corrected chi connectivity index (χ2v) is 7.89. The highest BCUT2D eigenvalue weighted by Crippen LogP contribution is 2.23. The fraction of sp³-hybridized carbons (Fsp3) is 0.684. The van der Waals surface area contributed by atoms with Crippen LogP contribution in [0.25, 0.3) is 0 Å². The van der Waals surface area contributed by atoms with Gasteiger partial charge in [0.05, 0.1) is 24.0 Å². The Morgan fingerprint density at radius 1 is 1.19 bits per heavy atom. The Kier molecular flexibility index (Phi) is 5.39. The van der Waals surface area contributed by atoms with Crippen LogP contribution in [0.3, 0.4) is 0 Å². The summed E-state index contributed by atoms with van der Waals surface area (Å²) < 4.78 is 11.1. The third-order valence-corrected chi connectivity index (χ3v) is 5.11. The molecule has 26 heavy (non-hydrogen) atoms. The van der Waals surface area contributed by atoms with E-state index in [1.54, 1.807) is 17.0 Å². The molecule has 0 aliphatic carbocycles. The second kappa shape index (κ2) is 7.40. The Bertz CT molecular complexity index is 635. The molecule has 0 spiro atoms. The maximum Gasteiger partial charge on any atom is 0.289 e. The normalized spacial score (nSPS) is 25.2. The Morgan fingerprint density at radius 3 is 2.42 bits per heavy atom. The van der Waals surface area contributed by atoms with E-state index in [0.29, 0.717) is 31.9 Å². The van der Waals surface area contributed by atoms with Gasteiger partial charge in [-0.1, -0.05) is 0 Å². The number of furan rings is 1. The fourth-order valence-corrected chi connectivity index (χ4v) is 3.90. The van der Waals surface area contributed by atoms with Crippen LogP contribution in [0, 0.1) is 0 Å². The van der Waals surface area contributed by atoms with E-state index in [0.717, 1.165) is 13.1 Å². The van der Waals surface area contributed by atoms with E-state index in [-0.39, 0.29) is 29.6 Å². The Balaban J connectivity index is 1.55.